The van der Waals surface area contributed by atoms with Gasteiger partial charge in [0.2, 0.25) is 0 Å². The minimum Gasteiger partial charge on any atom is -0.550 e. The molecule has 0 atom stereocenters. The third kappa shape index (κ3) is 41.3. The first-order valence-corrected chi connectivity index (χ1v) is 10.9. The summed E-state index contributed by atoms with van der Waals surface area (Å²) in [6.45, 7) is 4.42. The third-order valence-electron chi connectivity index (χ3n) is 4.47. The first-order valence-electron chi connectivity index (χ1n) is 10.9. The van der Waals surface area contributed by atoms with Gasteiger partial charge in [0.05, 0.1) is 0 Å². The molecule has 0 rings (SSSR count). The van der Waals surface area contributed by atoms with Gasteiger partial charge in [0.1, 0.15) is 0 Å². The van der Waals surface area contributed by atoms with Gasteiger partial charge in [-0.2, -0.15) is 0 Å². The topological polar surface area (TPSA) is 80.3 Å². The summed E-state index contributed by atoms with van der Waals surface area (Å²) in [6.07, 6.45) is 19.5. The van der Waals surface area contributed by atoms with Crippen molar-refractivity contribution in [2.24, 2.45) is 0 Å². The van der Waals surface area contributed by atoms with Gasteiger partial charge in [-0.25, -0.2) is 0 Å². The van der Waals surface area contributed by atoms with Crippen molar-refractivity contribution in [2.75, 3.05) is 0 Å². The summed E-state index contributed by atoms with van der Waals surface area (Å²) in [5, 5.41) is 20.1. The second-order valence-electron chi connectivity index (χ2n) is 7.19. The number of carboxylic acid groups (broad SMARTS) is 2. The van der Waals surface area contributed by atoms with E-state index in [1.807, 2.05) is 0 Å². The van der Waals surface area contributed by atoms with Crippen molar-refractivity contribution in [1.82, 2.24) is 0 Å². The average molecular weight is 417 g/mol. The molecule has 0 aromatic carbocycles. The van der Waals surface area contributed by atoms with Crippen molar-refractivity contribution in [3.63, 3.8) is 0 Å². The van der Waals surface area contributed by atoms with Gasteiger partial charge in [0.25, 0.3) is 0 Å². The first-order chi connectivity index (χ1) is 12.5. The molecule has 0 aromatic heterocycles. The van der Waals surface area contributed by atoms with Crippen molar-refractivity contribution < 1.29 is 78.9 Å². The Bertz CT molecular complexity index is 283. The quantitative estimate of drug-likeness (QED) is 0.202. The van der Waals surface area contributed by atoms with Gasteiger partial charge in [0, 0.05) is 11.9 Å². The van der Waals surface area contributed by atoms with E-state index < -0.39 is 11.9 Å². The molecule has 0 unspecified atom stereocenters. The van der Waals surface area contributed by atoms with Crippen LogP contribution in [0.15, 0.2) is 0 Å². The summed E-state index contributed by atoms with van der Waals surface area (Å²) in [7, 11) is 0. The summed E-state index contributed by atoms with van der Waals surface area (Å²) >= 11 is 0. The molecular formula is C22H42Na2O4. The van der Waals surface area contributed by atoms with E-state index in [0.717, 1.165) is 25.7 Å². The van der Waals surface area contributed by atoms with Crippen LogP contribution in [0.4, 0.5) is 0 Å². The Labute approximate surface area is 218 Å². The molecule has 0 spiro atoms. The van der Waals surface area contributed by atoms with Crippen molar-refractivity contribution in [2.45, 2.75) is 129 Å². The smallest absolute Gasteiger partial charge is 0.550 e. The summed E-state index contributed by atoms with van der Waals surface area (Å²) in [6, 6.07) is 0. The molecule has 0 fully saturated rings. The van der Waals surface area contributed by atoms with Gasteiger partial charge < -0.3 is 19.8 Å². The van der Waals surface area contributed by atoms with Crippen LogP contribution in [-0.2, 0) is 9.59 Å². The largest absolute Gasteiger partial charge is 1.00 e. The van der Waals surface area contributed by atoms with Crippen LogP contribution in [0.2, 0.25) is 0 Å². The molecule has 0 aliphatic heterocycles. The van der Waals surface area contributed by atoms with E-state index in [-0.39, 0.29) is 72.0 Å². The molecule has 0 bridgehead atoms. The van der Waals surface area contributed by atoms with Crippen LogP contribution in [0.5, 0.6) is 0 Å². The summed E-state index contributed by atoms with van der Waals surface area (Å²) in [5.74, 6) is -1.82. The molecule has 0 saturated carbocycles. The Hall–Kier alpha value is 0.940. The number of unbranched alkanes of at least 4 members (excludes halogenated alkanes) is 14. The fourth-order valence-electron chi connectivity index (χ4n) is 2.81. The SMILES string of the molecule is CCCCCCCCCCC(=O)[O-].CCCCCCCCCCC(=O)[O-].[Na+].[Na+]. The van der Waals surface area contributed by atoms with Crippen molar-refractivity contribution in [3.8, 4) is 0 Å². The van der Waals surface area contributed by atoms with Gasteiger partial charge in [0.15, 0.2) is 0 Å². The second kappa shape index (κ2) is 32.6. The van der Waals surface area contributed by atoms with E-state index in [9.17, 15) is 19.8 Å². The minimum atomic E-state index is -0.911. The third-order valence-corrected chi connectivity index (χ3v) is 4.47. The van der Waals surface area contributed by atoms with Crippen LogP contribution < -0.4 is 69.3 Å². The normalized spacial score (nSPS) is 9.50. The Morgan fingerprint density at radius 2 is 0.679 bits per heavy atom. The number of carbonyl (C=O) groups is 2. The molecule has 0 amide bonds. The molecule has 0 aromatic rings. The van der Waals surface area contributed by atoms with Gasteiger partial charge in [-0.1, -0.05) is 104 Å². The molecular weight excluding hydrogens is 374 g/mol. The Morgan fingerprint density at radius 3 is 0.893 bits per heavy atom. The zero-order valence-corrected chi connectivity index (χ0v) is 23.4. The maximum absolute atomic E-state index is 10.1. The van der Waals surface area contributed by atoms with Gasteiger partial charge in [-0.15, -0.1) is 0 Å². The summed E-state index contributed by atoms with van der Waals surface area (Å²) in [5.41, 5.74) is 0. The van der Waals surface area contributed by atoms with Crippen LogP contribution >= 0.6 is 0 Å². The molecule has 0 aliphatic rings. The fraction of sp³-hybridized carbons (Fsp3) is 0.909. The van der Waals surface area contributed by atoms with Crippen LogP contribution in [0.3, 0.4) is 0 Å². The molecule has 6 heteroatoms. The van der Waals surface area contributed by atoms with Crippen LogP contribution in [0.25, 0.3) is 0 Å². The van der Waals surface area contributed by atoms with E-state index in [1.165, 1.54) is 77.0 Å². The minimum absolute atomic E-state index is 0. The number of carboxylic acids is 2. The Morgan fingerprint density at radius 1 is 0.464 bits per heavy atom. The Kier molecular flexibility index (Phi) is 42.3. The van der Waals surface area contributed by atoms with E-state index in [0.29, 0.717) is 0 Å². The van der Waals surface area contributed by atoms with Gasteiger partial charge in [-0.3, -0.25) is 0 Å². The zero-order valence-electron chi connectivity index (χ0n) is 19.4. The summed E-state index contributed by atoms with van der Waals surface area (Å²) in [4.78, 5) is 20.1. The van der Waals surface area contributed by atoms with Crippen LogP contribution in [0.1, 0.15) is 129 Å². The second-order valence-corrected chi connectivity index (χ2v) is 7.19. The predicted molar refractivity (Wildman–Crippen MR) is 104 cm³/mol. The van der Waals surface area contributed by atoms with E-state index in [2.05, 4.69) is 13.8 Å². The molecule has 0 saturated heterocycles. The van der Waals surface area contributed by atoms with Gasteiger partial charge in [-0.05, 0) is 25.7 Å². The van der Waals surface area contributed by atoms with Crippen molar-refractivity contribution in [3.05, 3.63) is 0 Å². The van der Waals surface area contributed by atoms with Gasteiger partial charge >= 0.3 is 59.1 Å². The molecule has 0 aliphatic carbocycles. The number of aliphatic carboxylic acids is 2. The molecule has 156 valence electrons. The van der Waals surface area contributed by atoms with Crippen molar-refractivity contribution in [1.29, 1.82) is 0 Å². The van der Waals surface area contributed by atoms with E-state index >= 15 is 0 Å². The molecule has 0 N–H and O–H groups in total. The number of hydrogen-bond acceptors (Lipinski definition) is 4. The number of rotatable bonds is 18. The maximum atomic E-state index is 10.1. The first kappa shape index (κ1) is 36.3. The van der Waals surface area contributed by atoms with Crippen molar-refractivity contribution >= 4 is 11.9 Å². The maximum Gasteiger partial charge on any atom is 1.00 e. The average Bonchev–Trinajstić information content (AvgIpc) is 2.60. The number of hydrogen-bond donors (Lipinski definition) is 0. The predicted octanol–water partition coefficient (Wildman–Crippen LogP) is -1.46. The molecule has 4 nitrogen and oxygen atoms in total. The standard InChI is InChI=1S/2C11H22O2.2Na/c2*1-2-3-4-5-6-7-8-9-10-11(12)13;;/h2*2-10H2,1H3,(H,12,13);;/q;;2*+1/p-2. The van der Waals surface area contributed by atoms with Crippen LogP contribution in [-0.4, -0.2) is 11.9 Å². The Balaban J connectivity index is -0.000000192. The molecule has 28 heavy (non-hydrogen) atoms. The fourth-order valence-corrected chi connectivity index (χ4v) is 2.81. The molecule has 0 heterocycles. The van der Waals surface area contributed by atoms with E-state index in [4.69, 9.17) is 0 Å². The zero-order chi connectivity index (χ0) is 19.9. The number of carbonyl (C=O) groups excluding carboxylic acids is 2. The summed E-state index contributed by atoms with van der Waals surface area (Å²) < 4.78 is 0. The van der Waals surface area contributed by atoms with Crippen LogP contribution in [0, 0.1) is 0 Å². The van der Waals surface area contributed by atoms with E-state index in [1.54, 1.807) is 0 Å². The monoisotopic (exact) mass is 416 g/mol. The molecule has 0 radical (unpaired) electrons.